The molecule has 0 saturated carbocycles. The molecule has 3 rings (SSSR count). The minimum absolute atomic E-state index is 0.236. The van der Waals surface area contributed by atoms with E-state index in [1.165, 1.54) is 0 Å². The van der Waals surface area contributed by atoms with Gasteiger partial charge in [0.1, 0.15) is 0 Å². The van der Waals surface area contributed by atoms with Crippen LogP contribution in [0.25, 0.3) is 10.9 Å². The summed E-state index contributed by atoms with van der Waals surface area (Å²) in [7, 11) is 0. The Balaban J connectivity index is 1.99. The van der Waals surface area contributed by atoms with Gasteiger partial charge in [-0.05, 0) is 34.1 Å². The van der Waals surface area contributed by atoms with Crippen LogP contribution in [0.5, 0.6) is 0 Å². The van der Waals surface area contributed by atoms with Crippen LogP contribution in [0.3, 0.4) is 0 Å². The van der Waals surface area contributed by atoms with E-state index >= 15 is 0 Å². The third-order valence-electron chi connectivity index (χ3n) is 2.93. The maximum absolute atomic E-state index is 12.4. The van der Waals surface area contributed by atoms with Crippen LogP contribution in [-0.2, 0) is 0 Å². The van der Waals surface area contributed by atoms with Gasteiger partial charge in [0, 0.05) is 22.3 Å². The summed E-state index contributed by atoms with van der Waals surface area (Å²) in [5.74, 6) is -0.277. The van der Waals surface area contributed by atoms with Crippen molar-refractivity contribution in [2.24, 2.45) is 0 Å². The molecule has 0 bridgehead atoms. The zero-order valence-electron chi connectivity index (χ0n) is 10.7. The number of rotatable bonds is 2. The maximum Gasteiger partial charge on any atom is 0.257 e. The first-order valence-corrected chi connectivity index (χ1v) is 7.28. The van der Waals surface area contributed by atoms with Crippen LogP contribution in [0.15, 0.2) is 53.3 Å². The van der Waals surface area contributed by atoms with Crippen molar-refractivity contribution >= 4 is 50.0 Å². The van der Waals surface area contributed by atoms with Crippen molar-refractivity contribution in [2.75, 3.05) is 5.32 Å². The lowest BCUT2D eigenvalue weighted by molar-refractivity contribution is 0.102. The highest BCUT2D eigenvalue weighted by Crippen LogP contribution is 2.24. The molecule has 0 unspecified atom stereocenters. The number of nitrogens with one attached hydrogen (secondary N) is 1. The number of benzene rings is 1. The number of hydrogen-bond donors (Lipinski definition) is 1. The Bertz CT molecular complexity index is 833. The Hall–Kier alpha value is -1.98. The Morgan fingerprint density at radius 2 is 2.00 bits per heavy atom. The first-order chi connectivity index (χ1) is 10.1. The number of pyridine rings is 2. The van der Waals surface area contributed by atoms with E-state index in [0.717, 1.165) is 9.86 Å². The number of carbonyl (C=O) groups is 1. The molecule has 0 aliphatic rings. The van der Waals surface area contributed by atoms with Crippen LogP contribution in [-0.4, -0.2) is 15.9 Å². The number of amides is 1. The third-order valence-corrected chi connectivity index (χ3v) is 3.67. The van der Waals surface area contributed by atoms with Crippen molar-refractivity contribution in [3.05, 3.63) is 64.0 Å². The molecule has 2 heterocycles. The molecule has 0 aliphatic heterocycles. The van der Waals surface area contributed by atoms with Gasteiger partial charge in [-0.2, -0.15) is 0 Å². The van der Waals surface area contributed by atoms with Crippen LogP contribution < -0.4 is 5.32 Å². The number of nitrogens with zero attached hydrogens (tertiary/aromatic N) is 2. The lowest BCUT2D eigenvalue weighted by Gasteiger charge is -2.08. The Kier molecular flexibility index (Phi) is 3.86. The van der Waals surface area contributed by atoms with E-state index in [-0.39, 0.29) is 11.1 Å². The number of carbonyl (C=O) groups excluding carboxylic acids is 1. The number of aromatic nitrogens is 2. The molecule has 2 aromatic heterocycles. The topological polar surface area (TPSA) is 54.9 Å². The molecule has 0 fully saturated rings. The van der Waals surface area contributed by atoms with E-state index in [1.807, 2.05) is 24.3 Å². The molecule has 3 aromatic rings. The molecule has 6 heteroatoms. The van der Waals surface area contributed by atoms with E-state index in [2.05, 4.69) is 31.2 Å². The molecule has 0 saturated heterocycles. The van der Waals surface area contributed by atoms with Gasteiger partial charge in [-0.25, -0.2) is 4.98 Å². The van der Waals surface area contributed by atoms with Crippen LogP contribution in [0.2, 0.25) is 5.15 Å². The minimum atomic E-state index is -0.277. The lowest BCUT2D eigenvalue weighted by Crippen LogP contribution is -2.13. The number of fused-ring (bicyclic) bond motifs is 1. The van der Waals surface area contributed by atoms with Crippen molar-refractivity contribution in [2.45, 2.75) is 0 Å². The van der Waals surface area contributed by atoms with E-state index in [4.69, 9.17) is 11.6 Å². The Morgan fingerprint density at radius 3 is 2.86 bits per heavy atom. The predicted molar refractivity (Wildman–Crippen MR) is 86.6 cm³/mol. The normalized spacial score (nSPS) is 10.6. The zero-order valence-corrected chi connectivity index (χ0v) is 13.0. The van der Waals surface area contributed by atoms with Crippen LogP contribution in [0, 0.1) is 0 Å². The van der Waals surface area contributed by atoms with E-state index in [1.54, 1.807) is 24.5 Å². The van der Waals surface area contributed by atoms with Crippen LogP contribution in [0.1, 0.15) is 10.4 Å². The molecule has 1 aromatic carbocycles. The summed E-state index contributed by atoms with van der Waals surface area (Å²) in [4.78, 5) is 20.7. The second-order valence-corrected chi connectivity index (χ2v) is 5.60. The Morgan fingerprint density at radius 1 is 1.19 bits per heavy atom. The molecule has 0 aliphatic carbocycles. The molecule has 4 nitrogen and oxygen atoms in total. The smallest absolute Gasteiger partial charge is 0.257 e. The molecular weight excluding hydrogens is 354 g/mol. The van der Waals surface area contributed by atoms with E-state index in [9.17, 15) is 4.79 Å². The molecule has 0 radical (unpaired) electrons. The van der Waals surface area contributed by atoms with Gasteiger partial charge in [0.15, 0.2) is 5.15 Å². The number of hydrogen-bond acceptors (Lipinski definition) is 3. The van der Waals surface area contributed by atoms with E-state index in [0.29, 0.717) is 16.8 Å². The van der Waals surface area contributed by atoms with Crippen LogP contribution >= 0.6 is 27.5 Å². The van der Waals surface area contributed by atoms with Gasteiger partial charge in [-0.15, -0.1) is 0 Å². The largest absolute Gasteiger partial charge is 0.319 e. The van der Waals surface area contributed by atoms with Crippen molar-refractivity contribution < 1.29 is 4.79 Å². The van der Waals surface area contributed by atoms with Crippen molar-refractivity contribution in [3.8, 4) is 0 Å². The highest BCUT2D eigenvalue weighted by molar-refractivity contribution is 9.10. The molecule has 1 amide bonds. The zero-order chi connectivity index (χ0) is 14.8. The fourth-order valence-electron chi connectivity index (χ4n) is 1.99. The second-order valence-electron chi connectivity index (χ2n) is 4.33. The number of halogens is 2. The van der Waals surface area contributed by atoms with Gasteiger partial charge in [-0.1, -0.05) is 29.8 Å². The monoisotopic (exact) mass is 361 g/mol. The SMILES string of the molecule is O=C(Nc1cc(Br)cnc1Cl)c1cccc2cccnc12. The van der Waals surface area contributed by atoms with Gasteiger partial charge in [0.2, 0.25) is 0 Å². The van der Waals surface area contributed by atoms with Crippen LogP contribution in [0.4, 0.5) is 5.69 Å². The van der Waals surface area contributed by atoms with Gasteiger partial charge in [0.25, 0.3) is 5.91 Å². The average molecular weight is 363 g/mol. The third kappa shape index (κ3) is 2.89. The van der Waals surface area contributed by atoms with Crippen molar-refractivity contribution in [3.63, 3.8) is 0 Å². The fourth-order valence-corrected chi connectivity index (χ4v) is 2.47. The summed E-state index contributed by atoms with van der Waals surface area (Å²) < 4.78 is 0.734. The van der Waals surface area contributed by atoms with Gasteiger partial charge < -0.3 is 5.32 Å². The summed E-state index contributed by atoms with van der Waals surface area (Å²) in [6.07, 6.45) is 3.23. The van der Waals surface area contributed by atoms with Gasteiger partial charge in [-0.3, -0.25) is 9.78 Å². The quantitative estimate of drug-likeness (QED) is 0.692. The fraction of sp³-hybridized carbons (Fsp3) is 0. The molecule has 104 valence electrons. The molecule has 0 atom stereocenters. The summed E-state index contributed by atoms with van der Waals surface area (Å²) >= 11 is 9.28. The van der Waals surface area contributed by atoms with Gasteiger partial charge in [0.05, 0.1) is 16.8 Å². The van der Waals surface area contributed by atoms with Crippen molar-refractivity contribution in [1.29, 1.82) is 0 Å². The average Bonchev–Trinajstić information content (AvgIpc) is 2.50. The number of anilines is 1. The summed E-state index contributed by atoms with van der Waals surface area (Å²) in [6.45, 7) is 0. The summed E-state index contributed by atoms with van der Waals surface area (Å²) in [6, 6.07) is 10.9. The maximum atomic E-state index is 12.4. The highest BCUT2D eigenvalue weighted by Gasteiger charge is 2.13. The minimum Gasteiger partial charge on any atom is -0.319 e. The predicted octanol–water partition coefficient (Wildman–Crippen LogP) is 4.30. The van der Waals surface area contributed by atoms with E-state index < -0.39 is 0 Å². The molecule has 21 heavy (non-hydrogen) atoms. The lowest BCUT2D eigenvalue weighted by atomic mass is 10.1. The number of para-hydroxylation sites is 1. The Labute approximate surface area is 134 Å². The second kappa shape index (κ2) is 5.79. The molecular formula is C15H9BrClN3O. The summed E-state index contributed by atoms with van der Waals surface area (Å²) in [5, 5.41) is 3.90. The molecule has 0 spiro atoms. The first kappa shape index (κ1) is 14.0. The summed E-state index contributed by atoms with van der Waals surface area (Å²) in [5.41, 5.74) is 1.59. The van der Waals surface area contributed by atoms with Crippen molar-refractivity contribution in [1.82, 2.24) is 9.97 Å². The standard InChI is InChI=1S/C15H9BrClN3O/c16-10-7-12(14(17)19-8-10)20-15(21)11-5-1-3-9-4-2-6-18-13(9)11/h1-8H,(H,20,21). The molecule has 1 N–H and O–H groups in total. The first-order valence-electron chi connectivity index (χ1n) is 6.11. The highest BCUT2D eigenvalue weighted by atomic mass is 79.9. The van der Waals surface area contributed by atoms with Gasteiger partial charge >= 0.3 is 0 Å².